The lowest BCUT2D eigenvalue weighted by Crippen LogP contribution is -2.60. The summed E-state index contributed by atoms with van der Waals surface area (Å²) in [6, 6.07) is 12.7. The predicted molar refractivity (Wildman–Crippen MR) is 128 cm³/mol. The quantitative estimate of drug-likeness (QED) is 0.325. The minimum atomic E-state index is -1.52. The normalized spacial score (nSPS) is 12.1. The molecule has 5 N–H and O–H groups in total. The number of aromatic nitrogens is 1. The number of methoxy groups -OCH3 is 2. The third-order valence-electron chi connectivity index (χ3n) is 5.37. The number of nitrogens with zero attached hydrogens (tertiary/aromatic N) is 1. The van der Waals surface area contributed by atoms with Crippen LogP contribution in [0.1, 0.15) is 30.4 Å². The van der Waals surface area contributed by atoms with E-state index in [-0.39, 0.29) is 32.4 Å². The van der Waals surface area contributed by atoms with Gasteiger partial charge in [0.15, 0.2) is 0 Å². The van der Waals surface area contributed by atoms with Crippen molar-refractivity contribution in [2.24, 2.45) is 0 Å². The zero-order valence-corrected chi connectivity index (χ0v) is 19.8. The number of hydrogen-bond acceptors (Lipinski definition) is 8. The maximum Gasteiger partial charge on any atom is 0.407 e. The molecule has 0 aliphatic carbocycles. The van der Waals surface area contributed by atoms with Crippen LogP contribution in [0.25, 0.3) is 0 Å². The molecule has 11 heteroatoms. The molecular formula is C24H31N5O6. The van der Waals surface area contributed by atoms with Gasteiger partial charge in [-0.3, -0.25) is 14.4 Å². The van der Waals surface area contributed by atoms with Crippen molar-refractivity contribution in [3.8, 4) is 0 Å². The van der Waals surface area contributed by atoms with Crippen molar-refractivity contribution in [1.82, 2.24) is 20.9 Å². The highest BCUT2D eigenvalue weighted by Crippen LogP contribution is 2.22. The summed E-state index contributed by atoms with van der Waals surface area (Å²) in [6.45, 7) is -0.142. The molecule has 2 aromatic rings. The maximum atomic E-state index is 13.3. The first kappa shape index (κ1) is 27.1. The first-order valence-corrected chi connectivity index (χ1v) is 11.0. The van der Waals surface area contributed by atoms with E-state index in [4.69, 9.17) is 15.2 Å². The smallest absolute Gasteiger partial charge is 0.407 e. The standard InChI is InChI=1S/C24H31N5O6/c1-34-21(31)9-12-24(29-23(33)35-2,11-8-17-6-4-3-5-7-17)22(32)28-16-20(30)27-15-18-10-13-26-19(25)14-18/h3-7,10,13-14H,8-9,11-12,15-16H2,1-2H3,(H2,25,26)(H,27,30)(H,28,32)(H,29,33). The Labute approximate surface area is 203 Å². The van der Waals surface area contributed by atoms with E-state index in [9.17, 15) is 19.2 Å². The van der Waals surface area contributed by atoms with Gasteiger partial charge in [0.05, 0.1) is 20.8 Å². The predicted octanol–water partition coefficient (Wildman–Crippen LogP) is 1.08. The van der Waals surface area contributed by atoms with Gasteiger partial charge < -0.3 is 31.2 Å². The van der Waals surface area contributed by atoms with Gasteiger partial charge in [0.1, 0.15) is 11.4 Å². The number of nitrogen functional groups attached to an aromatic ring is 1. The molecule has 11 nitrogen and oxygen atoms in total. The molecule has 1 unspecified atom stereocenters. The molecule has 1 atom stereocenters. The fraction of sp³-hybridized carbons (Fsp3) is 0.375. The summed E-state index contributed by atoms with van der Waals surface area (Å²) in [7, 11) is 2.41. The van der Waals surface area contributed by atoms with Crippen LogP contribution < -0.4 is 21.7 Å². The summed E-state index contributed by atoms with van der Waals surface area (Å²) >= 11 is 0. The molecule has 0 bridgehead atoms. The first-order valence-electron chi connectivity index (χ1n) is 11.0. The van der Waals surface area contributed by atoms with Gasteiger partial charge in [-0.15, -0.1) is 0 Å². The van der Waals surface area contributed by atoms with Crippen LogP contribution in [-0.2, 0) is 36.8 Å². The van der Waals surface area contributed by atoms with Gasteiger partial charge in [0.25, 0.3) is 0 Å². The summed E-state index contributed by atoms with van der Waals surface area (Å²) in [5.41, 5.74) is 5.80. The van der Waals surface area contributed by atoms with Gasteiger partial charge in [0, 0.05) is 19.2 Å². The van der Waals surface area contributed by atoms with E-state index < -0.39 is 29.4 Å². The Morgan fingerprint density at radius 1 is 0.971 bits per heavy atom. The zero-order chi connectivity index (χ0) is 25.7. The number of benzene rings is 1. The number of alkyl carbamates (subject to hydrolysis) is 1. The van der Waals surface area contributed by atoms with E-state index in [0.29, 0.717) is 12.2 Å². The van der Waals surface area contributed by atoms with Crippen LogP contribution in [0, 0.1) is 0 Å². The average Bonchev–Trinajstić information content (AvgIpc) is 2.87. The topological polar surface area (TPSA) is 162 Å². The molecule has 0 fully saturated rings. The van der Waals surface area contributed by atoms with Crippen LogP contribution in [0.2, 0.25) is 0 Å². The van der Waals surface area contributed by atoms with Crippen molar-refractivity contribution in [1.29, 1.82) is 0 Å². The first-order chi connectivity index (χ1) is 16.8. The number of pyridine rings is 1. The fourth-order valence-corrected chi connectivity index (χ4v) is 3.40. The summed E-state index contributed by atoms with van der Waals surface area (Å²) in [5.74, 6) is -1.28. The van der Waals surface area contributed by atoms with E-state index in [1.165, 1.54) is 20.4 Å². The number of anilines is 1. The monoisotopic (exact) mass is 485 g/mol. The molecule has 2 rings (SSSR count). The van der Waals surface area contributed by atoms with Gasteiger partial charge >= 0.3 is 12.1 Å². The molecule has 0 aliphatic heterocycles. The average molecular weight is 486 g/mol. The molecule has 1 aromatic heterocycles. The van der Waals surface area contributed by atoms with Crippen LogP contribution in [0.3, 0.4) is 0 Å². The highest BCUT2D eigenvalue weighted by atomic mass is 16.5. The van der Waals surface area contributed by atoms with Crippen LogP contribution in [-0.4, -0.2) is 55.2 Å². The summed E-state index contributed by atoms with van der Waals surface area (Å²) < 4.78 is 9.43. The number of carbonyl (C=O) groups is 4. The minimum absolute atomic E-state index is 0.0502. The van der Waals surface area contributed by atoms with Crippen molar-refractivity contribution in [3.63, 3.8) is 0 Å². The summed E-state index contributed by atoms with van der Waals surface area (Å²) in [6.07, 6.45) is 1.10. The Morgan fingerprint density at radius 3 is 2.37 bits per heavy atom. The van der Waals surface area contributed by atoms with Gasteiger partial charge in [-0.05, 0) is 42.5 Å². The van der Waals surface area contributed by atoms with Crippen molar-refractivity contribution >= 4 is 29.7 Å². The number of nitrogens with two attached hydrogens (primary N) is 1. The lowest BCUT2D eigenvalue weighted by Gasteiger charge is -2.33. The van der Waals surface area contributed by atoms with Crippen molar-refractivity contribution < 1.29 is 28.7 Å². The lowest BCUT2D eigenvalue weighted by atomic mass is 9.85. The van der Waals surface area contributed by atoms with Gasteiger partial charge in [-0.25, -0.2) is 9.78 Å². The SMILES string of the molecule is COC(=O)CCC(CCc1ccccc1)(NC(=O)OC)C(=O)NCC(=O)NCc1ccnc(N)c1. The molecule has 0 radical (unpaired) electrons. The molecule has 0 saturated heterocycles. The minimum Gasteiger partial charge on any atom is -0.469 e. The Bertz CT molecular complexity index is 1020. The van der Waals surface area contributed by atoms with Crippen molar-refractivity contribution in [2.75, 3.05) is 26.5 Å². The molecule has 35 heavy (non-hydrogen) atoms. The van der Waals surface area contributed by atoms with E-state index in [1.54, 1.807) is 12.1 Å². The Balaban J connectivity index is 2.12. The number of esters is 1. The molecule has 1 aromatic carbocycles. The molecule has 0 saturated carbocycles. The number of hydrogen-bond donors (Lipinski definition) is 4. The van der Waals surface area contributed by atoms with E-state index in [1.807, 2.05) is 30.3 Å². The van der Waals surface area contributed by atoms with Gasteiger partial charge in [-0.2, -0.15) is 0 Å². The number of ether oxygens (including phenoxy) is 2. The number of aryl methyl sites for hydroxylation is 1. The van der Waals surface area contributed by atoms with E-state index in [0.717, 1.165) is 11.1 Å². The maximum absolute atomic E-state index is 13.3. The van der Waals surface area contributed by atoms with Crippen molar-refractivity contribution in [3.05, 3.63) is 59.8 Å². The number of carbonyl (C=O) groups excluding carboxylic acids is 4. The molecule has 3 amide bonds. The third-order valence-corrected chi connectivity index (χ3v) is 5.37. The Hall–Kier alpha value is -4.15. The largest absolute Gasteiger partial charge is 0.469 e. The molecule has 0 spiro atoms. The highest BCUT2D eigenvalue weighted by molar-refractivity contribution is 5.93. The number of rotatable bonds is 12. The van der Waals surface area contributed by atoms with Crippen LogP contribution in [0.4, 0.5) is 10.6 Å². The zero-order valence-electron chi connectivity index (χ0n) is 19.8. The summed E-state index contributed by atoms with van der Waals surface area (Å²) in [4.78, 5) is 53.6. The Kier molecular flexibility index (Phi) is 10.5. The van der Waals surface area contributed by atoms with Crippen LogP contribution >= 0.6 is 0 Å². The van der Waals surface area contributed by atoms with Crippen LogP contribution in [0.15, 0.2) is 48.7 Å². The second kappa shape index (κ2) is 13.5. The summed E-state index contributed by atoms with van der Waals surface area (Å²) in [5, 5.41) is 7.83. The third kappa shape index (κ3) is 8.95. The number of nitrogens with one attached hydrogen (secondary N) is 3. The Morgan fingerprint density at radius 2 is 1.71 bits per heavy atom. The second-order valence-electron chi connectivity index (χ2n) is 7.81. The van der Waals surface area contributed by atoms with E-state index in [2.05, 4.69) is 20.9 Å². The molecule has 0 aliphatic rings. The van der Waals surface area contributed by atoms with Crippen molar-refractivity contribution in [2.45, 2.75) is 37.8 Å². The molecular weight excluding hydrogens is 454 g/mol. The molecule has 188 valence electrons. The van der Waals surface area contributed by atoms with Crippen LogP contribution in [0.5, 0.6) is 0 Å². The molecule has 1 heterocycles. The number of amides is 3. The highest BCUT2D eigenvalue weighted by Gasteiger charge is 2.40. The fourth-order valence-electron chi connectivity index (χ4n) is 3.40. The van der Waals surface area contributed by atoms with E-state index >= 15 is 0 Å². The second-order valence-corrected chi connectivity index (χ2v) is 7.81. The van der Waals surface area contributed by atoms with Gasteiger partial charge in [-0.1, -0.05) is 30.3 Å². The van der Waals surface area contributed by atoms with Gasteiger partial charge in [0.2, 0.25) is 11.8 Å². The lowest BCUT2D eigenvalue weighted by molar-refractivity contribution is -0.141.